The predicted molar refractivity (Wildman–Crippen MR) is 51.2 cm³/mol. The third kappa shape index (κ3) is 3.11. The van der Waals surface area contributed by atoms with E-state index in [0.717, 1.165) is 19.3 Å². The van der Waals surface area contributed by atoms with E-state index in [2.05, 4.69) is 13.8 Å². The van der Waals surface area contributed by atoms with Gasteiger partial charge in [0.1, 0.15) is 0 Å². The Morgan fingerprint density at radius 1 is 1.08 bits per heavy atom. The summed E-state index contributed by atoms with van der Waals surface area (Å²) in [6.07, 6.45) is 2.65. The molecule has 2 nitrogen and oxygen atoms in total. The van der Waals surface area contributed by atoms with Gasteiger partial charge in [-0.05, 0) is 12.3 Å². The van der Waals surface area contributed by atoms with Gasteiger partial charge in [-0.2, -0.15) is 0 Å². The van der Waals surface area contributed by atoms with Crippen LogP contribution in [0, 0.1) is 5.92 Å². The standard InChI is InChI=1S/C10H22O2/c1-5-8(6-2)10(11)9(7-3)12-4/h8-11H,5-7H2,1-4H3. The fourth-order valence-electron chi connectivity index (χ4n) is 1.62. The van der Waals surface area contributed by atoms with E-state index in [4.69, 9.17) is 4.74 Å². The van der Waals surface area contributed by atoms with Gasteiger partial charge < -0.3 is 9.84 Å². The van der Waals surface area contributed by atoms with Crippen LogP contribution >= 0.6 is 0 Å². The number of hydrogen-bond acceptors (Lipinski definition) is 2. The summed E-state index contributed by atoms with van der Waals surface area (Å²) in [6.45, 7) is 6.26. The molecule has 0 saturated heterocycles. The minimum Gasteiger partial charge on any atom is -0.390 e. The molecule has 0 heterocycles. The molecular formula is C10H22O2. The minimum atomic E-state index is -0.296. The van der Waals surface area contributed by atoms with Gasteiger partial charge in [-0.3, -0.25) is 0 Å². The van der Waals surface area contributed by atoms with Crippen LogP contribution in [0.2, 0.25) is 0 Å². The second kappa shape index (κ2) is 6.44. The Labute approximate surface area is 75.9 Å². The van der Waals surface area contributed by atoms with Crippen molar-refractivity contribution in [3.8, 4) is 0 Å². The molecule has 0 aliphatic heterocycles. The van der Waals surface area contributed by atoms with Gasteiger partial charge in [0.2, 0.25) is 0 Å². The number of aliphatic hydroxyl groups is 1. The van der Waals surface area contributed by atoms with Crippen LogP contribution < -0.4 is 0 Å². The molecule has 2 heteroatoms. The summed E-state index contributed by atoms with van der Waals surface area (Å²) in [7, 11) is 1.67. The van der Waals surface area contributed by atoms with Crippen molar-refractivity contribution in [2.24, 2.45) is 5.92 Å². The van der Waals surface area contributed by atoms with E-state index in [9.17, 15) is 5.11 Å². The van der Waals surface area contributed by atoms with Crippen molar-refractivity contribution in [3.63, 3.8) is 0 Å². The number of methoxy groups -OCH3 is 1. The van der Waals surface area contributed by atoms with Crippen LogP contribution in [-0.2, 0) is 4.74 Å². The second-order valence-electron chi connectivity index (χ2n) is 3.25. The Bertz CT molecular complexity index is 84.0. The summed E-state index contributed by atoms with van der Waals surface area (Å²) in [5.41, 5.74) is 0. The van der Waals surface area contributed by atoms with Crippen LogP contribution in [0.1, 0.15) is 40.0 Å². The van der Waals surface area contributed by atoms with Gasteiger partial charge in [0, 0.05) is 7.11 Å². The normalized spacial score (nSPS) is 16.5. The summed E-state index contributed by atoms with van der Waals surface area (Å²) >= 11 is 0. The van der Waals surface area contributed by atoms with Crippen LogP contribution in [0.5, 0.6) is 0 Å². The van der Waals surface area contributed by atoms with Gasteiger partial charge in [0.25, 0.3) is 0 Å². The van der Waals surface area contributed by atoms with Gasteiger partial charge >= 0.3 is 0 Å². The molecule has 2 unspecified atom stereocenters. The van der Waals surface area contributed by atoms with E-state index in [1.54, 1.807) is 7.11 Å². The molecule has 0 rings (SSSR count). The number of ether oxygens (including phenoxy) is 1. The quantitative estimate of drug-likeness (QED) is 0.669. The first-order valence-corrected chi connectivity index (χ1v) is 4.91. The average molecular weight is 174 g/mol. The molecule has 1 N–H and O–H groups in total. The van der Waals surface area contributed by atoms with Crippen LogP contribution in [-0.4, -0.2) is 24.4 Å². The Morgan fingerprint density at radius 3 is 1.83 bits per heavy atom. The molecule has 0 bridgehead atoms. The molecule has 0 aromatic carbocycles. The second-order valence-corrected chi connectivity index (χ2v) is 3.25. The zero-order chi connectivity index (χ0) is 9.56. The van der Waals surface area contributed by atoms with E-state index in [1.807, 2.05) is 6.92 Å². The number of rotatable bonds is 6. The Kier molecular flexibility index (Phi) is 6.39. The first kappa shape index (κ1) is 11.9. The Hall–Kier alpha value is -0.0800. The molecule has 0 aliphatic carbocycles. The SMILES string of the molecule is CCC(CC)C(O)C(CC)OC. The van der Waals surface area contributed by atoms with Crippen molar-refractivity contribution in [1.82, 2.24) is 0 Å². The molecule has 2 atom stereocenters. The lowest BCUT2D eigenvalue weighted by Crippen LogP contribution is -2.33. The van der Waals surface area contributed by atoms with Crippen LogP contribution in [0.3, 0.4) is 0 Å². The maximum Gasteiger partial charge on any atom is 0.0830 e. The first-order chi connectivity index (χ1) is 5.71. The van der Waals surface area contributed by atoms with Crippen molar-refractivity contribution in [2.45, 2.75) is 52.2 Å². The molecule has 12 heavy (non-hydrogen) atoms. The third-order valence-electron chi connectivity index (χ3n) is 2.62. The van der Waals surface area contributed by atoms with Crippen LogP contribution in [0.25, 0.3) is 0 Å². The number of aliphatic hydroxyl groups excluding tert-OH is 1. The highest BCUT2D eigenvalue weighted by Crippen LogP contribution is 2.18. The summed E-state index contributed by atoms with van der Waals surface area (Å²) in [4.78, 5) is 0. The highest BCUT2D eigenvalue weighted by Gasteiger charge is 2.23. The predicted octanol–water partition coefficient (Wildman–Crippen LogP) is 2.21. The van der Waals surface area contributed by atoms with Gasteiger partial charge in [0.05, 0.1) is 12.2 Å². The zero-order valence-electron chi connectivity index (χ0n) is 8.71. The highest BCUT2D eigenvalue weighted by molar-refractivity contribution is 4.74. The van der Waals surface area contributed by atoms with E-state index < -0.39 is 0 Å². The third-order valence-corrected chi connectivity index (χ3v) is 2.62. The largest absolute Gasteiger partial charge is 0.390 e. The summed E-state index contributed by atoms with van der Waals surface area (Å²) in [6, 6.07) is 0. The lowest BCUT2D eigenvalue weighted by molar-refractivity contribution is -0.0446. The maximum atomic E-state index is 9.84. The smallest absolute Gasteiger partial charge is 0.0830 e. The molecule has 0 radical (unpaired) electrons. The maximum absolute atomic E-state index is 9.84. The lowest BCUT2D eigenvalue weighted by Gasteiger charge is -2.26. The monoisotopic (exact) mass is 174 g/mol. The van der Waals surface area contributed by atoms with Crippen LogP contribution in [0.15, 0.2) is 0 Å². The molecule has 0 aromatic rings. The molecule has 74 valence electrons. The van der Waals surface area contributed by atoms with Crippen molar-refractivity contribution in [2.75, 3.05) is 7.11 Å². The minimum absolute atomic E-state index is 0.00917. The molecule has 0 fully saturated rings. The summed E-state index contributed by atoms with van der Waals surface area (Å²) in [5, 5.41) is 9.84. The summed E-state index contributed by atoms with van der Waals surface area (Å²) in [5.74, 6) is 0.384. The van der Waals surface area contributed by atoms with Gasteiger partial charge in [-0.25, -0.2) is 0 Å². The van der Waals surface area contributed by atoms with Gasteiger partial charge in [-0.1, -0.05) is 33.6 Å². The number of hydrogen-bond donors (Lipinski definition) is 1. The van der Waals surface area contributed by atoms with E-state index in [0.29, 0.717) is 5.92 Å². The Balaban J connectivity index is 4.02. The van der Waals surface area contributed by atoms with Crippen molar-refractivity contribution < 1.29 is 9.84 Å². The van der Waals surface area contributed by atoms with E-state index >= 15 is 0 Å². The zero-order valence-corrected chi connectivity index (χ0v) is 8.71. The molecule has 0 amide bonds. The Morgan fingerprint density at radius 2 is 1.58 bits per heavy atom. The van der Waals surface area contributed by atoms with Gasteiger partial charge in [-0.15, -0.1) is 0 Å². The van der Waals surface area contributed by atoms with Crippen molar-refractivity contribution in [3.05, 3.63) is 0 Å². The molecule has 0 aromatic heterocycles. The van der Waals surface area contributed by atoms with E-state index in [-0.39, 0.29) is 12.2 Å². The molecular weight excluding hydrogens is 152 g/mol. The molecule has 0 aliphatic rings. The topological polar surface area (TPSA) is 29.5 Å². The van der Waals surface area contributed by atoms with E-state index in [1.165, 1.54) is 0 Å². The van der Waals surface area contributed by atoms with Gasteiger partial charge in [0.15, 0.2) is 0 Å². The fraction of sp³-hybridized carbons (Fsp3) is 1.00. The van der Waals surface area contributed by atoms with Crippen LogP contribution in [0.4, 0.5) is 0 Å². The first-order valence-electron chi connectivity index (χ1n) is 4.91. The van der Waals surface area contributed by atoms with Crippen molar-refractivity contribution >= 4 is 0 Å². The molecule has 0 saturated carbocycles. The fourth-order valence-corrected chi connectivity index (χ4v) is 1.62. The highest BCUT2D eigenvalue weighted by atomic mass is 16.5. The lowest BCUT2D eigenvalue weighted by atomic mass is 9.92. The summed E-state index contributed by atoms with van der Waals surface area (Å²) < 4.78 is 5.20. The average Bonchev–Trinajstić information content (AvgIpc) is 2.09. The van der Waals surface area contributed by atoms with Crippen molar-refractivity contribution in [1.29, 1.82) is 0 Å². The molecule has 0 spiro atoms.